The molecule has 7 heteroatoms. The molecule has 1 aliphatic rings. The Morgan fingerprint density at radius 2 is 2.23 bits per heavy atom. The average molecular weight is 340 g/mol. The molecule has 1 atom stereocenters. The number of rotatable bonds is 3. The molecule has 0 saturated carbocycles. The molecule has 118 valence electrons. The van der Waals surface area contributed by atoms with Crippen LogP contribution in [0.2, 0.25) is 5.02 Å². The molecule has 5 nitrogen and oxygen atoms in total. The van der Waals surface area contributed by atoms with E-state index >= 15 is 0 Å². The van der Waals surface area contributed by atoms with Gasteiger partial charge in [-0.2, -0.15) is 5.10 Å². The van der Waals surface area contributed by atoms with Crippen molar-refractivity contribution in [2.75, 3.05) is 13.1 Å². The highest BCUT2D eigenvalue weighted by Gasteiger charge is 2.30. The summed E-state index contributed by atoms with van der Waals surface area (Å²) in [6.45, 7) is 1.25. The summed E-state index contributed by atoms with van der Waals surface area (Å²) in [5, 5.41) is 16.9. The molecule has 22 heavy (non-hydrogen) atoms. The van der Waals surface area contributed by atoms with Gasteiger partial charge in [-0.25, -0.2) is 0 Å². The van der Waals surface area contributed by atoms with Crippen molar-refractivity contribution in [3.63, 3.8) is 0 Å². The topological polar surface area (TPSA) is 58.4 Å². The fourth-order valence-electron chi connectivity index (χ4n) is 2.86. The first-order valence-corrected chi connectivity index (χ1v) is 8.52. The standard InChI is InChI=1S/C15H18ClN3O2S/c1-18-9-11(16)13(17-18)15(21)19-6-4-10(5-7-19)14(20)12-3-2-8-22-12/h2-3,8-10,14,20H,4-7H2,1H3. The molecular weight excluding hydrogens is 322 g/mol. The highest BCUT2D eigenvalue weighted by Crippen LogP contribution is 2.33. The number of piperidine rings is 1. The number of thiophene rings is 1. The first-order chi connectivity index (χ1) is 10.6. The molecule has 1 amide bonds. The minimum Gasteiger partial charge on any atom is -0.387 e. The summed E-state index contributed by atoms with van der Waals surface area (Å²) < 4.78 is 1.54. The van der Waals surface area contributed by atoms with Crippen molar-refractivity contribution in [3.8, 4) is 0 Å². The maximum absolute atomic E-state index is 12.4. The number of aliphatic hydroxyl groups is 1. The van der Waals surface area contributed by atoms with Gasteiger partial charge in [0.2, 0.25) is 0 Å². The summed E-state index contributed by atoms with van der Waals surface area (Å²) in [6.07, 6.45) is 2.77. The summed E-state index contributed by atoms with van der Waals surface area (Å²) in [4.78, 5) is 15.2. The van der Waals surface area contributed by atoms with E-state index in [1.54, 1.807) is 34.2 Å². The van der Waals surface area contributed by atoms with Crippen LogP contribution in [0.4, 0.5) is 0 Å². The van der Waals surface area contributed by atoms with Crippen LogP contribution in [0, 0.1) is 5.92 Å². The molecule has 1 saturated heterocycles. The Bertz CT molecular complexity index is 648. The van der Waals surface area contributed by atoms with Crippen molar-refractivity contribution in [2.45, 2.75) is 18.9 Å². The van der Waals surface area contributed by atoms with E-state index in [0.29, 0.717) is 23.8 Å². The Labute approximate surface area is 138 Å². The number of aryl methyl sites for hydroxylation is 1. The molecule has 0 radical (unpaired) electrons. The molecular formula is C15H18ClN3O2S. The number of hydrogen-bond donors (Lipinski definition) is 1. The number of aromatic nitrogens is 2. The Balaban J connectivity index is 1.62. The van der Waals surface area contributed by atoms with E-state index in [-0.39, 0.29) is 11.8 Å². The van der Waals surface area contributed by atoms with Gasteiger partial charge in [0.15, 0.2) is 5.69 Å². The molecule has 1 fully saturated rings. The predicted molar refractivity (Wildman–Crippen MR) is 86.1 cm³/mol. The summed E-state index contributed by atoms with van der Waals surface area (Å²) in [5.74, 6) is 0.0663. The van der Waals surface area contributed by atoms with E-state index in [2.05, 4.69) is 5.10 Å². The molecule has 0 aromatic carbocycles. The fourth-order valence-corrected chi connectivity index (χ4v) is 3.93. The van der Waals surface area contributed by atoms with Gasteiger partial charge >= 0.3 is 0 Å². The molecule has 1 aliphatic heterocycles. The molecule has 3 heterocycles. The maximum atomic E-state index is 12.4. The van der Waals surface area contributed by atoms with Crippen LogP contribution in [-0.2, 0) is 7.05 Å². The number of amides is 1. The van der Waals surface area contributed by atoms with Crippen molar-refractivity contribution in [2.24, 2.45) is 13.0 Å². The smallest absolute Gasteiger partial charge is 0.275 e. The lowest BCUT2D eigenvalue weighted by Crippen LogP contribution is -2.40. The van der Waals surface area contributed by atoms with Crippen LogP contribution in [0.1, 0.15) is 34.3 Å². The van der Waals surface area contributed by atoms with Crippen molar-refractivity contribution < 1.29 is 9.90 Å². The Kier molecular flexibility index (Phi) is 4.52. The van der Waals surface area contributed by atoms with Crippen molar-refractivity contribution >= 4 is 28.8 Å². The van der Waals surface area contributed by atoms with Crippen LogP contribution in [0.15, 0.2) is 23.7 Å². The number of carbonyl (C=O) groups excluding carboxylic acids is 1. The zero-order chi connectivity index (χ0) is 15.7. The van der Waals surface area contributed by atoms with Gasteiger partial charge in [-0.05, 0) is 30.2 Å². The normalized spacial score (nSPS) is 17.7. The lowest BCUT2D eigenvalue weighted by molar-refractivity contribution is 0.0470. The van der Waals surface area contributed by atoms with Crippen molar-refractivity contribution in [3.05, 3.63) is 39.3 Å². The Morgan fingerprint density at radius 1 is 1.50 bits per heavy atom. The third-order valence-corrected chi connectivity index (χ3v) is 5.31. The molecule has 1 N–H and O–H groups in total. The minimum atomic E-state index is -0.435. The first kappa shape index (κ1) is 15.5. The van der Waals surface area contributed by atoms with Crippen molar-refractivity contribution in [1.29, 1.82) is 0 Å². The minimum absolute atomic E-state index is 0.130. The van der Waals surface area contributed by atoms with Gasteiger partial charge in [-0.1, -0.05) is 17.7 Å². The summed E-state index contributed by atoms with van der Waals surface area (Å²) in [6, 6.07) is 3.91. The predicted octanol–water partition coefficient (Wildman–Crippen LogP) is 2.72. The number of halogens is 1. The second-order valence-electron chi connectivity index (χ2n) is 5.59. The van der Waals surface area contributed by atoms with Gasteiger partial charge in [-0.3, -0.25) is 9.48 Å². The molecule has 3 rings (SSSR count). The zero-order valence-corrected chi connectivity index (χ0v) is 13.8. The van der Waals surface area contributed by atoms with E-state index in [4.69, 9.17) is 11.6 Å². The molecule has 2 aromatic rings. The second kappa shape index (κ2) is 6.40. The van der Waals surface area contributed by atoms with Gasteiger partial charge in [0, 0.05) is 31.2 Å². The summed E-state index contributed by atoms with van der Waals surface area (Å²) in [7, 11) is 1.74. The molecule has 2 aromatic heterocycles. The SMILES string of the molecule is Cn1cc(Cl)c(C(=O)N2CCC(C(O)c3cccs3)CC2)n1. The number of carbonyl (C=O) groups is 1. The average Bonchev–Trinajstić information content (AvgIpc) is 3.15. The number of aliphatic hydroxyl groups excluding tert-OH is 1. The van der Waals surface area contributed by atoms with E-state index in [1.807, 2.05) is 17.5 Å². The third-order valence-electron chi connectivity index (χ3n) is 4.09. The van der Waals surface area contributed by atoms with Crippen LogP contribution >= 0.6 is 22.9 Å². The van der Waals surface area contributed by atoms with Crippen LogP contribution < -0.4 is 0 Å². The lowest BCUT2D eigenvalue weighted by Gasteiger charge is -2.33. The quantitative estimate of drug-likeness (QED) is 0.935. The lowest BCUT2D eigenvalue weighted by atomic mass is 9.90. The third kappa shape index (κ3) is 3.04. The fraction of sp³-hybridized carbons (Fsp3) is 0.467. The van der Waals surface area contributed by atoms with Gasteiger partial charge in [-0.15, -0.1) is 11.3 Å². The Morgan fingerprint density at radius 3 is 2.77 bits per heavy atom. The number of nitrogens with zero attached hydrogens (tertiary/aromatic N) is 3. The molecule has 1 unspecified atom stereocenters. The zero-order valence-electron chi connectivity index (χ0n) is 12.3. The highest BCUT2D eigenvalue weighted by atomic mass is 35.5. The molecule has 0 spiro atoms. The first-order valence-electron chi connectivity index (χ1n) is 7.26. The number of hydrogen-bond acceptors (Lipinski definition) is 4. The number of likely N-dealkylation sites (tertiary alicyclic amines) is 1. The second-order valence-corrected chi connectivity index (χ2v) is 6.98. The van der Waals surface area contributed by atoms with Crippen molar-refractivity contribution in [1.82, 2.24) is 14.7 Å². The van der Waals surface area contributed by atoms with E-state index < -0.39 is 6.10 Å². The monoisotopic (exact) mass is 339 g/mol. The summed E-state index contributed by atoms with van der Waals surface area (Å²) >= 11 is 7.61. The van der Waals surface area contributed by atoms with Crippen LogP contribution in [0.25, 0.3) is 0 Å². The van der Waals surface area contributed by atoms with E-state index in [1.165, 1.54) is 0 Å². The molecule has 0 bridgehead atoms. The van der Waals surface area contributed by atoms with Crippen LogP contribution in [-0.4, -0.2) is 38.8 Å². The summed E-state index contributed by atoms with van der Waals surface area (Å²) in [5.41, 5.74) is 0.307. The largest absolute Gasteiger partial charge is 0.387 e. The van der Waals surface area contributed by atoms with Gasteiger partial charge in [0.05, 0.1) is 11.1 Å². The van der Waals surface area contributed by atoms with Gasteiger partial charge in [0.1, 0.15) is 0 Å². The maximum Gasteiger partial charge on any atom is 0.275 e. The Hall–Kier alpha value is -1.37. The van der Waals surface area contributed by atoms with Gasteiger partial charge in [0.25, 0.3) is 5.91 Å². The molecule has 0 aliphatic carbocycles. The van der Waals surface area contributed by atoms with Crippen LogP contribution in [0.3, 0.4) is 0 Å². The highest BCUT2D eigenvalue weighted by molar-refractivity contribution is 7.10. The van der Waals surface area contributed by atoms with E-state index in [0.717, 1.165) is 17.7 Å². The van der Waals surface area contributed by atoms with Crippen LogP contribution in [0.5, 0.6) is 0 Å². The van der Waals surface area contributed by atoms with Gasteiger partial charge < -0.3 is 10.0 Å². The van der Waals surface area contributed by atoms with E-state index in [9.17, 15) is 9.90 Å².